The van der Waals surface area contributed by atoms with Crippen molar-refractivity contribution in [2.75, 3.05) is 13.1 Å². The highest BCUT2D eigenvalue weighted by atomic mass is 16.1. The van der Waals surface area contributed by atoms with E-state index in [1.807, 2.05) is 20.8 Å². The fourth-order valence-electron chi connectivity index (χ4n) is 2.89. The second-order valence-electron chi connectivity index (χ2n) is 6.49. The van der Waals surface area contributed by atoms with E-state index in [1.165, 1.54) is 0 Å². The zero-order valence-corrected chi connectivity index (χ0v) is 15.2. The van der Waals surface area contributed by atoms with E-state index in [-0.39, 0.29) is 17.9 Å². The summed E-state index contributed by atoms with van der Waals surface area (Å²) >= 11 is 0. The highest BCUT2D eigenvalue weighted by Crippen LogP contribution is 2.24. The van der Waals surface area contributed by atoms with E-state index < -0.39 is 0 Å². The van der Waals surface area contributed by atoms with Crippen molar-refractivity contribution in [2.45, 2.75) is 71.9 Å². The number of allylic oxidation sites excluding steroid dienone is 1. The molecule has 0 spiro atoms. The van der Waals surface area contributed by atoms with Gasteiger partial charge in [-0.15, -0.1) is 0 Å². The van der Waals surface area contributed by atoms with E-state index in [4.69, 9.17) is 0 Å². The molecule has 0 aliphatic heterocycles. The molecular weight excluding hydrogens is 288 g/mol. The van der Waals surface area contributed by atoms with Crippen molar-refractivity contribution in [3.8, 4) is 0 Å². The molecule has 1 rings (SSSR count). The maximum Gasteiger partial charge on any atom is 0.223 e. The molecule has 5 heteroatoms. The lowest BCUT2D eigenvalue weighted by atomic mass is 9.85. The Labute approximate surface area is 141 Å². The van der Waals surface area contributed by atoms with E-state index in [1.54, 1.807) is 0 Å². The van der Waals surface area contributed by atoms with Gasteiger partial charge in [-0.05, 0) is 53.4 Å². The minimum Gasteiger partial charge on any atom is -0.357 e. The normalized spacial score (nSPS) is 22.4. The van der Waals surface area contributed by atoms with Crippen molar-refractivity contribution in [3.05, 3.63) is 12.2 Å². The monoisotopic (exact) mass is 322 g/mol. The quantitative estimate of drug-likeness (QED) is 0.292. The second-order valence-corrected chi connectivity index (χ2v) is 6.49. The van der Waals surface area contributed by atoms with E-state index in [2.05, 4.69) is 40.0 Å². The van der Waals surface area contributed by atoms with Crippen LogP contribution in [0.2, 0.25) is 0 Å². The molecule has 0 aromatic heterocycles. The van der Waals surface area contributed by atoms with Crippen LogP contribution >= 0.6 is 0 Å². The first-order valence-electron chi connectivity index (χ1n) is 9.03. The van der Waals surface area contributed by atoms with Gasteiger partial charge in [0.25, 0.3) is 0 Å². The van der Waals surface area contributed by atoms with E-state index in [0.717, 1.165) is 51.2 Å². The van der Waals surface area contributed by atoms with Crippen LogP contribution in [0.5, 0.6) is 0 Å². The smallest absolute Gasteiger partial charge is 0.223 e. The first-order chi connectivity index (χ1) is 11.1. The maximum absolute atomic E-state index is 12.2. The van der Waals surface area contributed by atoms with Gasteiger partial charge in [0.2, 0.25) is 5.91 Å². The minimum absolute atomic E-state index is 0.120. The van der Waals surface area contributed by atoms with Crippen LogP contribution < -0.4 is 16.0 Å². The molecule has 1 amide bonds. The molecule has 5 nitrogen and oxygen atoms in total. The van der Waals surface area contributed by atoms with Crippen LogP contribution in [0.4, 0.5) is 0 Å². The number of hydrogen-bond donors (Lipinski definition) is 3. The van der Waals surface area contributed by atoms with Crippen LogP contribution in [0.3, 0.4) is 0 Å². The molecule has 1 fully saturated rings. The molecule has 0 aromatic carbocycles. The van der Waals surface area contributed by atoms with Crippen molar-refractivity contribution in [1.82, 2.24) is 16.0 Å². The van der Waals surface area contributed by atoms with Crippen LogP contribution in [0, 0.1) is 5.92 Å². The Kier molecular flexibility index (Phi) is 9.41. The number of carbonyl (C=O) groups is 1. The average molecular weight is 322 g/mol. The standard InChI is InChI=1S/C18H34N4O/c1-5-7-8-12-20-18(19-6-2)22-16-11-9-10-15(13-16)17(23)21-14(3)4/h5,7,14-16H,6,8-13H2,1-4H3,(H,21,23)(H2,19,20,22)/b7-5+. The largest absolute Gasteiger partial charge is 0.357 e. The molecule has 0 bridgehead atoms. The molecule has 23 heavy (non-hydrogen) atoms. The van der Waals surface area contributed by atoms with Gasteiger partial charge >= 0.3 is 0 Å². The van der Waals surface area contributed by atoms with Crippen molar-refractivity contribution < 1.29 is 4.79 Å². The Morgan fingerprint density at radius 3 is 2.78 bits per heavy atom. The lowest BCUT2D eigenvalue weighted by molar-refractivity contribution is -0.126. The number of hydrogen-bond acceptors (Lipinski definition) is 2. The summed E-state index contributed by atoms with van der Waals surface area (Å²) in [7, 11) is 0. The molecule has 2 unspecified atom stereocenters. The van der Waals surface area contributed by atoms with E-state index >= 15 is 0 Å². The predicted octanol–water partition coefficient (Wildman–Crippen LogP) is 2.59. The SMILES string of the molecule is C/C=C/CCN=C(NCC)NC1CCCC(C(=O)NC(C)C)C1. The number of nitrogens with zero attached hydrogens (tertiary/aromatic N) is 1. The third-order valence-corrected chi connectivity index (χ3v) is 3.96. The minimum atomic E-state index is 0.120. The Morgan fingerprint density at radius 2 is 2.13 bits per heavy atom. The zero-order valence-electron chi connectivity index (χ0n) is 15.2. The number of rotatable bonds is 7. The fraction of sp³-hybridized carbons (Fsp3) is 0.778. The van der Waals surface area contributed by atoms with Crippen molar-refractivity contribution in [1.29, 1.82) is 0 Å². The van der Waals surface area contributed by atoms with Gasteiger partial charge in [0, 0.05) is 31.1 Å². The summed E-state index contributed by atoms with van der Waals surface area (Å²) in [5, 5.41) is 9.84. The maximum atomic E-state index is 12.2. The summed E-state index contributed by atoms with van der Waals surface area (Å²) in [6.07, 6.45) is 9.20. The summed E-state index contributed by atoms with van der Waals surface area (Å²) in [6.45, 7) is 9.75. The fourth-order valence-corrected chi connectivity index (χ4v) is 2.89. The van der Waals surface area contributed by atoms with Crippen LogP contribution in [-0.2, 0) is 4.79 Å². The summed E-state index contributed by atoms with van der Waals surface area (Å²) in [5.41, 5.74) is 0. The molecule has 1 aliphatic carbocycles. The first kappa shape index (κ1) is 19.5. The Balaban J connectivity index is 2.53. The molecule has 2 atom stereocenters. The number of guanidine groups is 1. The van der Waals surface area contributed by atoms with Gasteiger partial charge in [-0.2, -0.15) is 0 Å². The number of amides is 1. The van der Waals surface area contributed by atoms with Crippen molar-refractivity contribution in [3.63, 3.8) is 0 Å². The number of aliphatic imine (C=N–C) groups is 1. The van der Waals surface area contributed by atoms with Gasteiger partial charge in [-0.3, -0.25) is 9.79 Å². The highest BCUT2D eigenvalue weighted by molar-refractivity contribution is 5.81. The van der Waals surface area contributed by atoms with Crippen molar-refractivity contribution in [2.24, 2.45) is 10.9 Å². The molecule has 1 aliphatic rings. The molecule has 3 N–H and O–H groups in total. The van der Waals surface area contributed by atoms with Crippen LogP contribution in [0.1, 0.15) is 59.8 Å². The van der Waals surface area contributed by atoms with Crippen LogP contribution in [0.25, 0.3) is 0 Å². The third-order valence-electron chi connectivity index (χ3n) is 3.96. The zero-order chi connectivity index (χ0) is 17.1. The second kappa shape index (κ2) is 11.1. The van der Waals surface area contributed by atoms with E-state index in [9.17, 15) is 4.79 Å². The molecular formula is C18H34N4O. The van der Waals surface area contributed by atoms with E-state index in [0.29, 0.717) is 6.04 Å². The summed E-state index contributed by atoms with van der Waals surface area (Å²) in [5.74, 6) is 1.18. The highest BCUT2D eigenvalue weighted by Gasteiger charge is 2.27. The Hall–Kier alpha value is -1.52. The van der Waals surface area contributed by atoms with Gasteiger partial charge in [0.1, 0.15) is 0 Å². The Morgan fingerprint density at radius 1 is 1.35 bits per heavy atom. The molecule has 0 saturated heterocycles. The third kappa shape index (κ3) is 8.05. The molecule has 0 heterocycles. The van der Waals surface area contributed by atoms with Crippen LogP contribution in [0.15, 0.2) is 17.1 Å². The number of nitrogens with one attached hydrogen (secondary N) is 3. The van der Waals surface area contributed by atoms with Gasteiger partial charge in [0.15, 0.2) is 5.96 Å². The average Bonchev–Trinajstić information content (AvgIpc) is 2.51. The molecule has 0 radical (unpaired) electrons. The lowest BCUT2D eigenvalue weighted by Gasteiger charge is -2.30. The topological polar surface area (TPSA) is 65.5 Å². The van der Waals surface area contributed by atoms with Crippen molar-refractivity contribution >= 4 is 11.9 Å². The van der Waals surface area contributed by atoms with Gasteiger partial charge in [-0.25, -0.2) is 0 Å². The molecule has 0 aromatic rings. The van der Waals surface area contributed by atoms with Gasteiger partial charge in [0.05, 0.1) is 0 Å². The summed E-state index contributed by atoms with van der Waals surface area (Å²) < 4.78 is 0. The Bertz CT molecular complexity index is 404. The lowest BCUT2D eigenvalue weighted by Crippen LogP contribution is -2.47. The number of carbonyl (C=O) groups excluding carboxylic acids is 1. The summed E-state index contributed by atoms with van der Waals surface area (Å²) in [4.78, 5) is 16.8. The summed E-state index contributed by atoms with van der Waals surface area (Å²) in [6, 6.07) is 0.535. The van der Waals surface area contributed by atoms with Gasteiger partial charge in [-0.1, -0.05) is 18.6 Å². The van der Waals surface area contributed by atoms with Crippen LogP contribution in [-0.4, -0.2) is 37.0 Å². The van der Waals surface area contributed by atoms with Gasteiger partial charge < -0.3 is 16.0 Å². The predicted molar refractivity (Wildman–Crippen MR) is 97.6 cm³/mol. The molecule has 1 saturated carbocycles. The first-order valence-corrected chi connectivity index (χ1v) is 9.03. The molecule has 132 valence electrons.